The minimum absolute atomic E-state index is 0.0709. The van der Waals surface area contributed by atoms with Crippen molar-refractivity contribution in [1.29, 1.82) is 0 Å². The van der Waals surface area contributed by atoms with Crippen molar-refractivity contribution in [2.24, 2.45) is 4.99 Å². The Morgan fingerprint density at radius 2 is 2.04 bits per heavy atom. The van der Waals surface area contributed by atoms with E-state index in [1.54, 1.807) is 23.5 Å². The minimum Gasteiger partial charge on any atom is -0.342 e. The van der Waals surface area contributed by atoms with E-state index in [0.29, 0.717) is 6.04 Å². The van der Waals surface area contributed by atoms with E-state index in [1.807, 2.05) is 24.9 Å². The number of amides is 1. The van der Waals surface area contributed by atoms with Crippen LogP contribution in [0.5, 0.6) is 0 Å². The molecule has 1 saturated carbocycles. The Labute approximate surface area is 147 Å². The summed E-state index contributed by atoms with van der Waals surface area (Å²) in [5.41, 5.74) is 2.33. The molecule has 5 heteroatoms. The first-order valence-corrected chi connectivity index (χ1v) is 10.2. The molecule has 1 aromatic carbocycles. The van der Waals surface area contributed by atoms with Gasteiger partial charge in [0.05, 0.1) is 10.9 Å². The summed E-state index contributed by atoms with van der Waals surface area (Å²) >= 11 is 3.35. The fraction of sp³-hybridized carbons (Fsp3) is 0.556. The maximum Gasteiger partial charge on any atom is 0.235 e. The van der Waals surface area contributed by atoms with Crippen molar-refractivity contribution in [2.45, 2.75) is 56.1 Å². The maximum atomic E-state index is 12.7. The summed E-state index contributed by atoms with van der Waals surface area (Å²) in [7, 11) is 1.97. The van der Waals surface area contributed by atoms with E-state index in [1.165, 1.54) is 24.8 Å². The predicted octanol–water partition coefficient (Wildman–Crippen LogP) is 4.83. The van der Waals surface area contributed by atoms with Gasteiger partial charge in [-0.05, 0) is 31.4 Å². The molecule has 2 aliphatic rings. The number of aliphatic imine (C=N–C) groups is 1. The first-order chi connectivity index (χ1) is 11.1. The Morgan fingerprint density at radius 1 is 1.30 bits per heavy atom. The Morgan fingerprint density at radius 3 is 2.83 bits per heavy atom. The molecule has 3 rings (SSSR count). The molecular formula is C18H24N2OS2. The number of carbonyl (C=O) groups is 1. The summed E-state index contributed by atoms with van der Waals surface area (Å²) in [6.07, 6.45) is 6.13. The average molecular weight is 349 g/mol. The molecule has 1 aromatic rings. The smallest absolute Gasteiger partial charge is 0.235 e. The van der Waals surface area contributed by atoms with Gasteiger partial charge in [0, 0.05) is 18.8 Å². The number of para-hydroxylation sites is 1. The number of rotatable bonds is 3. The standard InChI is InChI=1S/C18H24N2OS2/c1-13(17(21)20(2)15-9-4-3-5-10-15)23-18-19-16-11-7-6-8-14(16)12-22-18/h6-8,11,13,15H,3-5,9-10,12H2,1-2H3. The van der Waals surface area contributed by atoms with Gasteiger partial charge in [-0.25, -0.2) is 4.99 Å². The third-order valence-corrected chi connectivity index (χ3v) is 6.93. The van der Waals surface area contributed by atoms with Crippen LogP contribution < -0.4 is 0 Å². The molecule has 124 valence electrons. The highest BCUT2D eigenvalue weighted by Gasteiger charge is 2.27. The van der Waals surface area contributed by atoms with Crippen molar-refractivity contribution in [3.8, 4) is 0 Å². The van der Waals surface area contributed by atoms with Crippen LogP contribution in [0.15, 0.2) is 29.3 Å². The fourth-order valence-electron chi connectivity index (χ4n) is 3.21. The van der Waals surface area contributed by atoms with E-state index in [-0.39, 0.29) is 11.2 Å². The molecular weight excluding hydrogens is 324 g/mol. The number of carbonyl (C=O) groups excluding carboxylic acids is 1. The number of hydrogen-bond acceptors (Lipinski definition) is 4. The van der Waals surface area contributed by atoms with Crippen LogP contribution in [0.25, 0.3) is 0 Å². The number of hydrogen-bond donors (Lipinski definition) is 0. The topological polar surface area (TPSA) is 32.7 Å². The zero-order valence-electron chi connectivity index (χ0n) is 13.8. The summed E-state index contributed by atoms with van der Waals surface area (Å²) in [6, 6.07) is 8.68. The van der Waals surface area contributed by atoms with Gasteiger partial charge in [-0.3, -0.25) is 4.79 Å². The van der Waals surface area contributed by atoms with E-state index in [2.05, 4.69) is 18.2 Å². The SMILES string of the molecule is CC(SC1=Nc2ccccc2CS1)C(=O)N(C)C1CCCCC1. The first-order valence-electron chi connectivity index (χ1n) is 8.38. The van der Waals surface area contributed by atoms with E-state index in [9.17, 15) is 4.79 Å². The summed E-state index contributed by atoms with van der Waals surface area (Å²) in [5.74, 6) is 1.19. The summed E-state index contributed by atoms with van der Waals surface area (Å²) < 4.78 is 1.02. The van der Waals surface area contributed by atoms with Crippen molar-refractivity contribution in [1.82, 2.24) is 4.90 Å². The third kappa shape index (κ3) is 4.13. The molecule has 0 saturated heterocycles. The van der Waals surface area contributed by atoms with E-state index in [4.69, 9.17) is 4.99 Å². The van der Waals surface area contributed by atoms with Gasteiger partial charge in [-0.1, -0.05) is 61.0 Å². The van der Waals surface area contributed by atoms with Crippen molar-refractivity contribution < 1.29 is 4.79 Å². The van der Waals surface area contributed by atoms with Gasteiger partial charge in [0.15, 0.2) is 0 Å². The molecule has 1 heterocycles. The van der Waals surface area contributed by atoms with E-state index >= 15 is 0 Å². The molecule has 0 spiro atoms. The Bertz CT molecular complexity index is 596. The van der Waals surface area contributed by atoms with Gasteiger partial charge >= 0.3 is 0 Å². The highest BCUT2D eigenvalue weighted by atomic mass is 32.2. The minimum atomic E-state index is -0.0709. The van der Waals surface area contributed by atoms with Crippen molar-refractivity contribution in [3.63, 3.8) is 0 Å². The number of nitrogens with zero attached hydrogens (tertiary/aromatic N) is 2. The number of thioether (sulfide) groups is 2. The van der Waals surface area contributed by atoms with Crippen LogP contribution in [-0.2, 0) is 10.5 Å². The summed E-state index contributed by atoms with van der Waals surface area (Å²) in [5, 5.41) is -0.0709. The quantitative estimate of drug-likeness (QED) is 0.784. The summed E-state index contributed by atoms with van der Waals surface area (Å²) in [4.78, 5) is 19.4. The van der Waals surface area contributed by atoms with E-state index in [0.717, 1.165) is 28.7 Å². The molecule has 0 aromatic heterocycles. The van der Waals surface area contributed by atoms with Gasteiger partial charge < -0.3 is 4.90 Å². The van der Waals surface area contributed by atoms with Gasteiger partial charge in [0.2, 0.25) is 5.91 Å². The second-order valence-electron chi connectivity index (χ2n) is 6.30. The van der Waals surface area contributed by atoms with Gasteiger partial charge in [0.1, 0.15) is 4.38 Å². The second kappa shape index (κ2) is 7.75. The molecule has 1 atom stereocenters. The van der Waals surface area contributed by atoms with Crippen LogP contribution >= 0.6 is 23.5 Å². The van der Waals surface area contributed by atoms with E-state index < -0.39 is 0 Å². The Kier molecular flexibility index (Phi) is 5.70. The average Bonchev–Trinajstić information content (AvgIpc) is 2.61. The van der Waals surface area contributed by atoms with Crippen LogP contribution in [0.4, 0.5) is 5.69 Å². The number of fused-ring (bicyclic) bond motifs is 1. The predicted molar refractivity (Wildman–Crippen MR) is 102 cm³/mol. The highest BCUT2D eigenvalue weighted by Crippen LogP contribution is 2.36. The zero-order valence-corrected chi connectivity index (χ0v) is 15.5. The number of benzene rings is 1. The third-order valence-electron chi connectivity index (χ3n) is 4.65. The molecule has 3 nitrogen and oxygen atoms in total. The van der Waals surface area contributed by atoms with Crippen LogP contribution in [0.1, 0.15) is 44.6 Å². The molecule has 1 aliphatic carbocycles. The van der Waals surface area contributed by atoms with Gasteiger partial charge in [-0.2, -0.15) is 0 Å². The van der Waals surface area contributed by atoms with Gasteiger partial charge in [-0.15, -0.1) is 0 Å². The van der Waals surface area contributed by atoms with Crippen molar-refractivity contribution in [2.75, 3.05) is 7.05 Å². The summed E-state index contributed by atoms with van der Waals surface area (Å²) in [6.45, 7) is 2.01. The van der Waals surface area contributed by atoms with Crippen LogP contribution in [0.2, 0.25) is 0 Å². The van der Waals surface area contributed by atoms with Crippen molar-refractivity contribution >= 4 is 39.5 Å². The lowest BCUT2D eigenvalue weighted by Crippen LogP contribution is -2.42. The second-order valence-corrected chi connectivity index (χ2v) is 8.85. The molecule has 0 radical (unpaired) electrons. The van der Waals surface area contributed by atoms with Crippen LogP contribution in [-0.4, -0.2) is 33.5 Å². The molecule has 1 aliphatic heterocycles. The molecule has 0 bridgehead atoms. The molecule has 0 N–H and O–H groups in total. The lowest BCUT2D eigenvalue weighted by Gasteiger charge is -2.33. The van der Waals surface area contributed by atoms with Crippen molar-refractivity contribution in [3.05, 3.63) is 29.8 Å². The first kappa shape index (κ1) is 16.9. The fourth-order valence-corrected chi connectivity index (χ4v) is 5.50. The highest BCUT2D eigenvalue weighted by molar-refractivity contribution is 8.39. The maximum absolute atomic E-state index is 12.7. The lowest BCUT2D eigenvalue weighted by molar-refractivity contribution is -0.131. The Hall–Kier alpha value is -0.940. The monoisotopic (exact) mass is 348 g/mol. The largest absolute Gasteiger partial charge is 0.342 e. The Balaban J connectivity index is 1.61. The zero-order chi connectivity index (χ0) is 16.2. The lowest BCUT2D eigenvalue weighted by atomic mass is 9.94. The molecule has 1 fully saturated rings. The normalized spacial score (nSPS) is 19.7. The van der Waals surface area contributed by atoms with Gasteiger partial charge in [0.25, 0.3) is 0 Å². The van der Waals surface area contributed by atoms with Crippen LogP contribution in [0, 0.1) is 0 Å². The van der Waals surface area contributed by atoms with Crippen LogP contribution in [0.3, 0.4) is 0 Å². The molecule has 1 unspecified atom stereocenters. The molecule has 23 heavy (non-hydrogen) atoms. The molecule has 1 amide bonds.